The number of carbonyl (C=O) groups excluding carboxylic acids is 1. The number of nitrogens with two attached hydrogens (primary N) is 1. The summed E-state index contributed by atoms with van der Waals surface area (Å²) < 4.78 is 6.19. The first-order chi connectivity index (χ1) is 15.4. The molecule has 4 rings (SSSR count). The molecular weight excluding hydrogens is 402 g/mol. The molecule has 2 heterocycles. The van der Waals surface area contributed by atoms with Gasteiger partial charge in [-0.15, -0.1) is 0 Å². The van der Waals surface area contributed by atoms with Crippen molar-refractivity contribution in [1.82, 2.24) is 14.9 Å². The molecule has 1 amide bonds. The fraction of sp³-hybridized carbons (Fsp3) is 0.320. The number of rotatable bonds is 6. The van der Waals surface area contributed by atoms with E-state index in [2.05, 4.69) is 41.1 Å². The topological polar surface area (TPSA) is 84.6 Å². The van der Waals surface area contributed by atoms with Crippen LogP contribution in [0.3, 0.4) is 0 Å². The maximum Gasteiger partial charge on any atom is 0.248 e. The van der Waals surface area contributed by atoms with Crippen LogP contribution >= 0.6 is 0 Å². The van der Waals surface area contributed by atoms with Crippen molar-refractivity contribution in [2.45, 2.75) is 19.6 Å². The monoisotopic (exact) mass is 431 g/mol. The molecule has 3 aromatic rings. The number of ether oxygens (including phenoxy) is 1. The highest BCUT2D eigenvalue weighted by molar-refractivity contribution is 5.94. The minimum Gasteiger partial charge on any atom is -0.369 e. The van der Waals surface area contributed by atoms with Crippen LogP contribution in [0.15, 0.2) is 54.7 Å². The molecule has 1 saturated heterocycles. The largest absolute Gasteiger partial charge is 0.369 e. The highest BCUT2D eigenvalue weighted by Gasteiger charge is 2.27. The Morgan fingerprint density at radius 1 is 1.22 bits per heavy atom. The van der Waals surface area contributed by atoms with Crippen LogP contribution in [0.2, 0.25) is 0 Å². The van der Waals surface area contributed by atoms with Gasteiger partial charge in [-0.2, -0.15) is 0 Å². The van der Waals surface area contributed by atoms with E-state index in [1.807, 2.05) is 31.1 Å². The summed E-state index contributed by atoms with van der Waals surface area (Å²) in [6.07, 6.45) is 1.60. The van der Waals surface area contributed by atoms with Gasteiger partial charge in [0.15, 0.2) is 0 Å². The van der Waals surface area contributed by atoms with Gasteiger partial charge in [0.2, 0.25) is 11.9 Å². The first kappa shape index (κ1) is 21.9. The molecule has 0 radical (unpaired) electrons. The molecule has 2 aromatic carbocycles. The highest BCUT2D eigenvalue weighted by Crippen LogP contribution is 2.32. The standard InChI is InChI=1S/C25H29N5O2/c1-17-7-4-5-8-20(17)15-30-11-12-32-22(16-30)23-21(14-27-25(28-23)29(2)3)18-9-6-10-19(13-18)24(26)31/h4-10,13-14,22H,11-12,15-16H2,1-3H3,(H2,26,31)/t22-/m0/s1. The average molecular weight is 432 g/mol. The van der Waals surface area contributed by atoms with E-state index < -0.39 is 5.91 Å². The zero-order valence-electron chi connectivity index (χ0n) is 18.8. The Labute approximate surface area is 188 Å². The van der Waals surface area contributed by atoms with Crippen molar-refractivity contribution in [3.05, 3.63) is 77.1 Å². The van der Waals surface area contributed by atoms with E-state index >= 15 is 0 Å². The molecule has 0 saturated carbocycles. The van der Waals surface area contributed by atoms with Gasteiger partial charge < -0.3 is 15.4 Å². The number of anilines is 1. The summed E-state index contributed by atoms with van der Waals surface area (Å²) in [5.41, 5.74) is 11.1. The molecule has 0 aliphatic carbocycles. The Bertz CT molecular complexity index is 1110. The summed E-state index contributed by atoms with van der Waals surface area (Å²) in [6.45, 7) is 5.22. The van der Waals surface area contributed by atoms with Crippen LogP contribution in [0, 0.1) is 6.92 Å². The molecule has 1 atom stereocenters. The lowest BCUT2D eigenvalue weighted by Gasteiger charge is -2.34. The third-order valence-electron chi connectivity index (χ3n) is 5.77. The Morgan fingerprint density at radius 3 is 2.78 bits per heavy atom. The van der Waals surface area contributed by atoms with Crippen molar-refractivity contribution in [3.8, 4) is 11.1 Å². The number of aromatic nitrogens is 2. The van der Waals surface area contributed by atoms with Gasteiger partial charge in [-0.3, -0.25) is 9.69 Å². The van der Waals surface area contributed by atoms with E-state index in [9.17, 15) is 4.79 Å². The third-order valence-corrected chi connectivity index (χ3v) is 5.77. The fourth-order valence-electron chi connectivity index (χ4n) is 3.95. The number of aryl methyl sites for hydroxylation is 1. The third kappa shape index (κ3) is 4.79. The summed E-state index contributed by atoms with van der Waals surface area (Å²) in [6, 6.07) is 15.7. The van der Waals surface area contributed by atoms with E-state index in [4.69, 9.17) is 15.5 Å². The first-order valence-electron chi connectivity index (χ1n) is 10.8. The predicted molar refractivity (Wildman–Crippen MR) is 125 cm³/mol. The zero-order valence-corrected chi connectivity index (χ0v) is 18.8. The smallest absolute Gasteiger partial charge is 0.248 e. The Balaban J connectivity index is 1.68. The molecule has 1 aliphatic rings. The van der Waals surface area contributed by atoms with Gasteiger partial charge in [0.1, 0.15) is 6.10 Å². The van der Waals surface area contributed by atoms with Crippen LogP contribution in [-0.4, -0.2) is 54.6 Å². The quantitative estimate of drug-likeness (QED) is 0.645. The van der Waals surface area contributed by atoms with Crippen molar-refractivity contribution < 1.29 is 9.53 Å². The molecular formula is C25H29N5O2. The summed E-state index contributed by atoms with van der Waals surface area (Å²) in [5.74, 6) is 0.159. The van der Waals surface area contributed by atoms with Crippen LogP contribution in [0.5, 0.6) is 0 Å². The maximum atomic E-state index is 11.7. The van der Waals surface area contributed by atoms with E-state index in [0.717, 1.165) is 36.5 Å². The molecule has 2 N–H and O–H groups in total. The number of nitrogens with zero attached hydrogens (tertiary/aromatic N) is 4. The molecule has 7 heteroatoms. The van der Waals surface area contributed by atoms with Crippen LogP contribution in [0.25, 0.3) is 11.1 Å². The van der Waals surface area contributed by atoms with Crippen molar-refractivity contribution in [2.24, 2.45) is 5.73 Å². The predicted octanol–water partition coefficient (Wildman–Crippen LogP) is 3.19. The Morgan fingerprint density at radius 2 is 2.03 bits per heavy atom. The SMILES string of the molecule is Cc1ccccc1CN1CCO[C@H](c2nc(N(C)C)ncc2-c2cccc(C(N)=O)c2)C1. The summed E-state index contributed by atoms with van der Waals surface area (Å²) in [5, 5.41) is 0. The molecule has 0 bridgehead atoms. The molecule has 1 fully saturated rings. The van der Waals surface area contributed by atoms with Gasteiger partial charge in [-0.1, -0.05) is 36.4 Å². The zero-order chi connectivity index (χ0) is 22.7. The van der Waals surface area contributed by atoms with Gasteiger partial charge in [0.05, 0.1) is 12.3 Å². The van der Waals surface area contributed by atoms with Crippen molar-refractivity contribution in [3.63, 3.8) is 0 Å². The van der Waals surface area contributed by atoms with Gasteiger partial charge in [0, 0.05) is 51.1 Å². The molecule has 7 nitrogen and oxygen atoms in total. The lowest BCUT2D eigenvalue weighted by molar-refractivity contribution is -0.0347. The van der Waals surface area contributed by atoms with Crippen molar-refractivity contribution in [1.29, 1.82) is 0 Å². The molecule has 166 valence electrons. The van der Waals surface area contributed by atoms with Gasteiger partial charge in [0.25, 0.3) is 0 Å². The number of hydrogen-bond donors (Lipinski definition) is 1. The minimum absolute atomic E-state index is 0.207. The number of hydrogen-bond acceptors (Lipinski definition) is 6. The van der Waals surface area contributed by atoms with Gasteiger partial charge in [-0.25, -0.2) is 9.97 Å². The number of primary amides is 1. The number of morpholine rings is 1. The van der Waals surface area contributed by atoms with Crippen LogP contribution in [0.1, 0.15) is 33.3 Å². The number of benzene rings is 2. The molecule has 0 spiro atoms. The minimum atomic E-state index is -0.461. The summed E-state index contributed by atoms with van der Waals surface area (Å²) >= 11 is 0. The van der Waals surface area contributed by atoms with E-state index in [-0.39, 0.29) is 6.10 Å². The first-order valence-corrected chi connectivity index (χ1v) is 10.8. The second-order valence-electron chi connectivity index (χ2n) is 8.33. The normalized spacial score (nSPS) is 16.7. The van der Waals surface area contributed by atoms with E-state index in [1.165, 1.54) is 11.1 Å². The maximum absolute atomic E-state index is 11.7. The summed E-state index contributed by atoms with van der Waals surface area (Å²) in [7, 11) is 3.83. The fourth-order valence-corrected chi connectivity index (χ4v) is 3.95. The lowest BCUT2D eigenvalue weighted by atomic mass is 9.99. The van der Waals surface area contributed by atoms with Crippen molar-refractivity contribution in [2.75, 3.05) is 38.7 Å². The van der Waals surface area contributed by atoms with Crippen molar-refractivity contribution >= 4 is 11.9 Å². The highest BCUT2D eigenvalue weighted by atomic mass is 16.5. The number of amides is 1. The van der Waals surface area contributed by atoms with Gasteiger partial charge >= 0.3 is 0 Å². The Kier molecular flexibility index (Phi) is 6.48. The van der Waals surface area contributed by atoms with Crippen LogP contribution in [0.4, 0.5) is 5.95 Å². The number of carbonyl (C=O) groups is 1. The van der Waals surface area contributed by atoms with Gasteiger partial charge in [-0.05, 0) is 35.7 Å². The van der Waals surface area contributed by atoms with E-state index in [0.29, 0.717) is 18.1 Å². The molecule has 1 aliphatic heterocycles. The molecule has 0 unspecified atom stereocenters. The molecule has 1 aromatic heterocycles. The summed E-state index contributed by atoms with van der Waals surface area (Å²) in [4.78, 5) is 25.4. The second kappa shape index (κ2) is 9.46. The molecule has 32 heavy (non-hydrogen) atoms. The lowest BCUT2D eigenvalue weighted by Crippen LogP contribution is -2.38. The van der Waals surface area contributed by atoms with E-state index in [1.54, 1.807) is 18.3 Å². The second-order valence-corrected chi connectivity index (χ2v) is 8.33. The average Bonchev–Trinajstić information content (AvgIpc) is 2.80. The Hall–Kier alpha value is -3.29. The van der Waals surface area contributed by atoms with Crippen LogP contribution < -0.4 is 10.6 Å². The van der Waals surface area contributed by atoms with Crippen LogP contribution in [-0.2, 0) is 11.3 Å².